The number of likely N-dealkylation sites (tertiary alicyclic amines) is 1. The Kier molecular flexibility index (Phi) is 7.20. The number of rotatable bonds is 7. The number of hydrogen-bond donors (Lipinski definition) is 2. The number of amides is 3. The number of esters is 1. The molecule has 1 aliphatic rings. The predicted molar refractivity (Wildman–Crippen MR) is 121 cm³/mol. The summed E-state index contributed by atoms with van der Waals surface area (Å²) >= 11 is 0. The number of urea groups is 1. The van der Waals surface area contributed by atoms with Crippen LogP contribution >= 0.6 is 0 Å². The number of nitrogens with zero attached hydrogens (tertiary/aromatic N) is 1. The SMILES string of the molecule is CCOC(=O)C(C)(C)N1C[C@@H](c2ccc(OC)cc2)[C@H](NC(=O)Nc2ccc(F)cc2)C1=O. The highest BCUT2D eigenvalue weighted by Crippen LogP contribution is 2.34. The maximum Gasteiger partial charge on any atom is 0.331 e. The zero-order valence-corrected chi connectivity index (χ0v) is 19.1. The standard InChI is InChI=1S/C24H28FN3O5/c1-5-33-22(30)24(2,3)28-14-19(15-6-12-18(32-4)13-7-15)20(21(28)29)27-23(31)26-17-10-8-16(25)9-11-17/h6-13,19-20H,5,14H2,1-4H3,(H2,26,27,31)/t19-,20-/m0/s1. The van der Waals surface area contributed by atoms with Gasteiger partial charge in [0.2, 0.25) is 5.91 Å². The Balaban J connectivity index is 1.87. The van der Waals surface area contributed by atoms with Crippen LogP contribution in [0.15, 0.2) is 48.5 Å². The molecule has 8 nitrogen and oxygen atoms in total. The minimum atomic E-state index is -1.22. The van der Waals surface area contributed by atoms with Crippen LogP contribution in [-0.4, -0.2) is 54.6 Å². The van der Waals surface area contributed by atoms with Crippen LogP contribution in [0.3, 0.4) is 0 Å². The molecule has 2 atom stereocenters. The van der Waals surface area contributed by atoms with Crippen LogP contribution in [0.4, 0.5) is 14.9 Å². The number of methoxy groups -OCH3 is 1. The molecule has 0 aliphatic carbocycles. The molecule has 0 aromatic heterocycles. The molecule has 3 amide bonds. The van der Waals surface area contributed by atoms with Gasteiger partial charge in [0.1, 0.15) is 23.1 Å². The highest BCUT2D eigenvalue weighted by Gasteiger charge is 2.50. The van der Waals surface area contributed by atoms with Crippen molar-refractivity contribution in [2.24, 2.45) is 0 Å². The summed E-state index contributed by atoms with van der Waals surface area (Å²) in [5.41, 5.74) is -0.0377. The third-order valence-electron chi connectivity index (χ3n) is 5.70. The molecule has 2 N–H and O–H groups in total. The number of carbonyl (C=O) groups excluding carboxylic acids is 3. The molecule has 0 unspecified atom stereocenters. The highest BCUT2D eigenvalue weighted by atomic mass is 19.1. The molecule has 1 saturated heterocycles. The molecule has 1 heterocycles. The topological polar surface area (TPSA) is 97.0 Å². The summed E-state index contributed by atoms with van der Waals surface area (Å²) in [5.74, 6) is -1.11. The van der Waals surface area contributed by atoms with Crippen LogP contribution in [0.1, 0.15) is 32.3 Å². The van der Waals surface area contributed by atoms with Crippen molar-refractivity contribution in [1.29, 1.82) is 0 Å². The minimum Gasteiger partial charge on any atom is -0.497 e. The van der Waals surface area contributed by atoms with Crippen molar-refractivity contribution < 1.29 is 28.2 Å². The van der Waals surface area contributed by atoms with Crippen LogP contribution in [0.2, 0.25) is 0 Å². The smallest absolute Gasteiger partial charge is 0.331 e. The third kappa shape index (κ3) is 5.24. The fraction of sp³-hybridized carbons (Fsp3) is 0.375. The first-order valence-electron chi connectivity index (χ1n) is 10.6. The van der Waals surface area contributed by atoms with E-state index in [1.807, 2.05) is 12.1 Å². The zero-order valence-electron chi connectivity index (χ0n) is 19.1. The Labute approximate surface area is 192 Å². The summed E-state index contributed by atoms with van der Waals surface area (Å²) in [7, 11) is 1.56. The van der Waals surface area contributed by atoms with Gasteiger partial charge in [-0.2, -0.15) is 0 Å². The van der Waals surface area contributed by atoms with Crippen LogP contribution in [0, 0.1) is 5.82 Å². The molecule has 1 fully saturated rings. The van der Waals surface area contributed by atoms with Crippen molar-refractivity contribution in [1.82, 2.24) is 10.2 Å². The van der Waals surface area contributed by atoms with Gasteiger partial charge in [0.05, 0.1) is 13.7 Å². The Morgan fingerprint density at radius 1 is 1.12 bits per heavy atom. The van der Waals surface area contributed by atoms with Gasteiger partial charge in [0.25, 0.3) is 0 Å². The highest BCUT2D eigenvalue weighted by molar-refractivity contribution is 5.97. The normalized spacial score (nSPS) is 18.1. The molecule has 9 heteroatoms. The summed E-state index contributed by atoms with van der Waals surface area (Å²) in [6.07, 6.45) is 0. The minimum absolute atomic E-state index is 0.188. The van der Waals surface area contributed by atoms with E-state index in [2.05, 4.69) is 10.6 Å². The van der Waals surface area contributed by atoms with Gasteiger partial charge < -0.3 is 25.0 Å². The zero-order chi connectivity index (χ0) is 24.2. The molecule has 0 bridgehead atoms. The van der Waals surface area contributed by atoms with Gasteiger partial charge in [-0.1, -0.05) is 12.1 Å². The fourth-order valence-corrected chi connectivity index (χ4v) is 3.81. The molecule has 33 heavy (non-hydrogen) atoms. The predicted octanol–water partition coefficient (Wildman–Crippen LogP) is 3.29. The molecule has 0 spiro atoms. The first kappa shape index (κ1) is 24.0. The molecule has 2 aromatic carbocycles. The first-order chi connectivity index (χ1) is 15.7. The average Bonchev–Trinajstić information content (AvgIpc) is 3.12. The van der Waals surface area contributed by atoms with Crippen LogP contribution < -0.4 is 15.4 Å². The average molecular weight is 458 g/mol. The maximum atomic E-state index is 13.4. The first-order valence-corrected chi connectivity index (χ1v) is 10.6. The Morgan fingerprint density at radius 2 is 1.76 bits per heavy atom. The van der Waals surface area contributed by atoms with Crippen LogP contribution in [-0.2, 0) is 14.3 Å². The van der Waals surface area contributed by atoms with E-state index in [1.54, 1.807) is 40.0 Å². The molecule has 2 aromatic rings. The molecular formula is C24H28FN3O5. The molecule has 3 rings (SSSR count). The summed E-state index contributed by atoms with van der Waals surface area (Å²) in [6.45, 7) is 5.33. The summed E-state index contributed by atoms with van der Waals surface area (Å²) < 4.78 is 23.5. The number of anilines is 1. The second kappa shape index (κ2) is 9.89. The summed E-state index contributed by atoms with van der Waals surface area (Å²) in [4.78, 5) is 40.1. The summed E-state index contributed by atoms with van der Waals surface area (Å²) in [6, 6.07) is 10.9. The lowest BCUT2D eigenvalue weighted by Crippen LogP contribution is -2.54. The van der Waals surface area contributed by atoms with Crippen molar-refractivity contribution in [2.45, 2.75) is 38.3 Å². The van der Waals surface area contributed by atoms with E-state index < -0.39 is 41.2 Å². The molecule has 0 radical (unpaired) electrons. The number of halogens is 1. The number of ether oxygens (including phenoxy) is 2. The van der Waals surface area contributed by atoms with E-state index in [1.165, 1.54) is 29.2 Å². The van der Waals surface area contributed by atoms with Gasteiger partial charge in [-0.3, -0.25) is 4.79 Å². The molecule has 0 saturated carbocycles. The molecular weight excluding hydrogens is 429 g/mol. The van der Waals surface area contributed by atoms with E-state index in [0.29, 0.717) is 11.4 Å². The van der Waals surface area contributed by atoms with Crippen molar-refractivity contribution in [3.8, 4) is 5.75 Å². The quantitative estimate of drug-likeness (QED) is 0.622. The van der Waals surface area contributed by atoms with E-state index in [4.69, 9.17) is 9.47 Å². The van der Waals surface area contributed by atoms with Crippen molar-refractivity contribution in [2.75, 3.05) is 25.6 Å². The molecule has 176 valence electrons. The Bertz CT molecular complexity index is 1010. The third-order valence-corrected chi connectivity index (χ3v) is 5.70. The second-order valence-electron chi connectivity index (χ2n) is 8.19. The van der Waals surface area contributed by atoms with Crippen LogP contribution in [0.5, 0.6) is 5.75 Å². The van der Waals surface area contributed by atoms with Gasteiger partial charge in [-0.05, 0) is 62.7 Å². The largest absolute Gasteiger partial charge is 0.497 e. The van der Waals surface area contributed by atoms with E-state index >= 15 is 0 Å². The van der Waals surface area contributed by atoms with Gasteiger partial charge in [-0.15, -0.1) is 0 Å². The number of nitrogens with one attached hydrogen (secondary N) is 2. The number of carbonyl (C=O) groups is 3. The van der Waals surface area contributed by atoms with Gasteiger partial charge in [0.15, 0.2) is 0 Å². The molecule has 1 aliphatic heterocycles. The van der Waals surface area contributed by atoms with E-state index in [0.717, 1.165) is 5.56 Å². The van der Waals surface area contributed by atoms with Gasteiger partial charge in [-0.25, -0.2) is 14.0 Å². The summed E-state index contributed by atoms with van der Waals surface area (Å²) in [5, 5.41) is 5.33. The number of hydrogen-bond acceptors (Lipinski definition) is 5. The van der Waals surface area contributed by atoms with Crippen molar-refractivity contribution >= 4 is 23.6 Å². The Hall–Kier alpha value is -3.62. The lowest BCUT2D eigenvalue weighted by atomic mass is 9.94. The van der Waals surface area contributed by atoms with Crippen LogP contribution in [0.25, 0.3) is 0 Å². The van der Waals surface area contributed by atoms with E-state index in [-0.39, 0.29) is 13.2 Å². The number of benzene rings is 2. The fourth-order valence-electron chi connectivity index (χ4n) is 3.81. The van der Waals surface area contributed by atoms with Crippen molar-refractivity contribution in [3.05, 3.63) is 59.9 Å². The maximum absolute atomic E-state index is 13.4. The van der Waals surface area contributed by atoms with Crippen molar-refractivity contribution in [3.63, 3.8) is 0 Å². The van der Waals surface area contributed by atoms with Gasteiger partial charge in [0, 0.05) is 18.2 Å². The Morgan fingerprint density at radius 3 is 2.33 bits per heavy atom. The van der Waals surface area contributed by atoms with Gasteiger partial charge >= 0.3 is 12.0 Å². The lowest BCUT2D eigenvalue weighted by molar-refractivity contribution is -0.160. The monoisotopic (exact) mass is 457 g/mol. The lowest BCUT2D eigenvalue weighted by Gasteiger charge is -2.33. The second-order valence-corrected chi connectivity index (χ2v) is 8.19. The van der Waals surface area contributed by atoms with E-state index in [9.17, 15) is 18.8 Å².